The minimum absolute atomic E-state index is 0.554. The van der Waals surface area contributed by atoms with Crippen LogP contribution in [0.2, 0.25) is 0 Å². The van der Waals surface area contributed by atoms with Gasteiger partial charge >= 0.3 is 0 Å². The maximum atomic E-state index is 4.01. The Labute approximate surface area is 73.2 Å². The Hall–Kier alpha value is -0.890. The molecule has 2 nitrogen and oxygen atoms in total. The van der Waals surface area contributed by atoms with E-state index in [2.05, 4.69) is 29.2 Å². The Morgan fingerprint density at radius 2 is 2.58 bits per heavy atom. The van der Waals surface area contributed by atoms with Crippen LogP contribution in [-0.4, -0.2) is 23.5 Å². The van der Waals surface area contributed by atoms with Crippen LogP contribution in [0.3, 0.4) is 0 Å². The van der Waals surface area contributed by atoms with Crippen molar-refractivity contribution in [3.63, 3.8) is 0 Å². The van der Waals surface area contributed by atoms with Crippen molar-refractivity contribution in [3.05, 3.63) is 30.1 Å². The summed E-state index contributed by atoms with van der Waals surface area (Å²) >= 11 is 0. The van der Waals surface area contributed by atoms with Crippen LogP contribution in [0.1, 0.15) is 24.4 Å². The van der Waals surface area contributed by atoms with Gasteiger partial charge in [-0.2, -0.15) is 0 Å². The normalized spacial score (nSPS) is 24.6. The Balaban J connectivity index is 2.19. The minimum Gasteiger partial charge on any atom is -0.299 e. The van der Waals surface area contributed by atoms with Gasteiger partial charge in [0.1, 0.15) is 0 Å². The molecular formula is C10H13N2. The first-order valence-electron chi connectivity index (χ1n) is 4.41. The summed E-state index contributed by atoms with van der Waals surface area (Å²) in [6, 6.07) is 4.65. The Morgan fingerprint density at radius 3 is 3.17 bits per heavy atom. The van der Waals surface area contributed by atoms with Crippen LogP contribution in [0, 0.1) is 6.20 Å². The van der Waals surface area contributed by atoms with Gasteiger partial charge in [0.2, 0.25) is 0 Å². The maximum absolute atomic E-state index is 4.01. The van der Waals surface area contributed by atoms with Crippen molar-refractivity contribution in [3.8, 4) is 0 Å². The molecule has 1 aliphatic rings. The monoisotopic (exact) mass is 161 g/mol. The largest absolute Gasteiger partial charge is 0.299 e. The quantitative estimate of drug-likeness (QED) is 0.622. The molecule has 2 heteroatoms. The second-order valence-electron chi connectivity index (χ2n) is 3.34. The van der Waals surface area contributed by atoms with Crippen LogP contribution in [-0.2, 0) is 0 Å². The van der Waals surface area contributed by atoms with E-state index in [1.807, 2.05) is 6.07 Å². The molecule has 1 aliphatic heterocycles. The summed E-state index contributed by atoms with van der Waals surface area (Å²) in [5, 5.41) is 0. The fraction of sp³-hybridized carbons (Fsp3) is 0.500. The van der Waals surface area contributed by atoms with Crippen molar-refractivity contribution in [1.82, 2.24) is 9.88 Å². The number of likely N-dealkylation sites (tertiary alicyclic amines) is 1. The highest BCUT2D eigenvalue weighted by atomic mass is 15.1. The first-order chi connectivity index (χ1) is 5.88. The second-order valence-corrected chi connectivity index (χ2v) is 3.34. The first kappa shape index (κ1) is 7.74. The Kier molecular flexibility index (Phi) is 2.09. The lowest BCUT2D eigenvalue weighted by Gasteiger charge is -2.18. The minimum atomic E-state index is 0.554. The third kappa shape index (κ3) is 1.34. The van der Waals surface area contributed by atoms with Gasteiger partial charge in [-0.1, -0.05) is 6.07 Å². The van der Waals surface area contributed by atoms with Gasteiger partial charge in [-0.15, -0.1) is 0 Å². The van der Waals surface area contributed by atoms with E-state index in [0.29, 0.717) is 6.04 Å². The van der Waals surface area contributed by atoms with Crippen molar-refractivity contribution in [2.24, 2.45) is 0 Å². The summed E-state index contributed by atoms with van der Waals surface area (Å²) in [5.74, 6) is 0. The number of hydrogen-bond acceptors (Lipinski definition) is 2. The lowest BCUT2D eigenvalue weighted by Crippen LogP contribution is -2.17. The zero-order chi connectivity index (χ0) is 8.39. The predicted molar refractivity (Wildman–Crippen MR) is 47.7 cm³/mol. The molecule has 1 aromatic heterocycles. The summed E-state index contributed by atoms with van der Waals surface area (Å²) in [6.45, 7) is 1.20. The highest BCUT2D eigenvalue weighted by Gasteiger charge is 2.22. The van der Waals surface area contributed by atoms with E-state index in [1.165, 1.54) is 24.9 Å². The summed E-state index contributed by atoms with van der Waals surface area (Å²) < 4.78 is 0. The van der Waals surface area contributed by atoms with Gasteiger partial charge in [0.05, 0.1) is 6.20 Å². The zero-order valence-electron chi connectivity index (χ0n) is 7.33. The molecule has 0 aliphatic carbocycles. The molecular weight excluding hydrogens is 148 g/mol. The van der Waals surface area contributed by atoms with Crippen LogP contribution in [0.25, 0.3) is 0 Å². The van der Waals surface area contributed by atoms with E-state index < -0.39 is 0 Å². The number of rotatable bonds is 1. The molecule has 12 heavy (non-hydrogen) atoms. The molecule has 0 N–H and O–H groups in total. The third-order valence-corrected chi connectivity index (χ3v) is 2.51. The van der Waals surface area contributed by atoms with Gasteiger partial charge in [0, 0.05) is 12.2 Å². The van der Waals surface area contributed by atoms with Gasteiger partial charge in [-0.25, -0.2) is 0 Å². The first-order valence-corrected chi connectivity index (χ1v) is 4.41. The maximum Gasteiger partial charge on any atom is 0.0937 e. The van der Waals surface area contributed by atoms with Crippen LogP contribution < -0.4 is 0 Å². The van der Waals surface area contributed by atoms with Crippen molar-refractivity contribution in [1.29, 1.82) is 0 Å². The second kappa shape index (κ2) is 3.23. The van der Waals surface area contributed by atoms with Crippen molar-refractivity contribution in [2.75, 3.05) is 13.6 Å². The Morgan fingerprint density at radius 1 is 1.67 bits per heavy atom. The number of pyridine rings is 1. The molecule has 63 valence electrons. The predicted octanol–water partition coefficient (Wildman–Crippen LogP) is 1.65. The molecule has 1 fully saturated rings. The zero-order valence-corrected chi connectivity index (χ0v) is 7.33. The van der Waals surface area contributed by atoms with E-state index in [4.69, 9.17) is 0 Å². The summed E-state index contributed by atoms with van der Waals surface area (Å²) in [6.07, 6.45) is 7.37. The molecule has 1 atom stereocenters. The third-order valence-electron chi connectivity index (χ3n) is 2.51. The molecule has 2 heterocycles. The topological polar surface area (TPSA) is 16.1 Å². The average Bonchev–Trinajstić information content (AvgIpc) is 2.53. The van der Waals surface area contributed by atoms with Crippen LogP contribution >= 0.6 is 0 Å². The van der Waals surface area contributed by atoms with E-state index in [0.717, 1.165) is 0 Å². The molecule has 0 amide bonds. The van der Waals surface area contributed by atoms with Crippen molar-refractivity contribution in [2.45, 2.75) is 18.9 Å². The van der Waals surface area contributed by atoms with Gasteiger partial charge in [0.25, 0.3) is 0 Å². The molecule has 0 saturated carbocycles. The van der Waals surface area contributed by atoms with Crippen molar-refractivity contribution < 1.29 is 0 Å². The number of nitrogens with zero attached hydrogens (tertiary/aromatic N) is 2. The van der Waals surface area contributed by atoms with E-state index in [-0.39, 0.29) is 0 Å². The van der Waals surface area contributed by atoms with Crippen LogP contribution in [0.5, 0.6) is 0 Å². The molecule has 1 radical (unpaired) electrons. The van der Waals surface area contributed by atoms with E-state index in [1.54, 1.807) is 6.20 Å². The molecule has 0 aromatic carbocycles. The van der Waals surface area contributed by atoms with Gasteiger partial charge < -0.3 is 0 Å². The molecule has 2 rings (SSSR count). The fourth-order valence-corrected chi connectivity index (χ4v) is 1.83. The average molecular weight is 161 g/mol. The lowest BCUT2D eigenvalue weighted by molar-refractivity contribution is 0.316. The SMILES string of the molecule is CN1CCCC1c1[c]nccc1. The van der Waals surface area contributed by atoms with E-state index >= 15 is 0 Å². The molecule has 0 spiro atoms. The molecule has 1 saturated heterocycles. The summed E-state index contributed by atoms with van der Waals surface area (Å²) in [5.41, 5.74) is 1.23. The smallest absolute Gasteiger partial charge is 0.0937 e. The highest BCUT2D eigenvalue weighted by molar-refractivity contribution is 5.13. The highest BCUT2D eigenvalue weighted by Crippen LogP contribution is 2.28. The number of hydrogen-bond donors (Lipinski definition) is 0. The summed E-state index contributed by atoms with van der Waals surface area (Å²) in [7, 11) is 2.17. The number of aromatic nitrogens is 1. The molecule has 0 bridgehead atoms. The molecule has 1 unspecified atom stereocenters. The standard InChI is InChI=1S/C10H13N2/c1-12-7-3-5-10(12)9-4-2-6-11-8-9/h2,4,6,10H,3,5,7H2,1H3. The van der Waals surface area contributed by atoms with Crippen LogP contribution in [0.15, 0.2) is 18.3 Å². The fourth-order valence-electron chi connectivity index (χ4n) is 1.83. The van der Waals surface area contributed by atoms with Crippen LogP contribution in [0.4, 0.5) is 0 Å². The van der Waals surface area contributed by atoms with Gasteiger partial charge in [-0.05, 0) is 38.1 Å². The summed E-state index contributed by atoms with van der Waals surface area (Å²) in [4.78, 5) is 6.38. The molecule has 1 aromatic rings. The lowest BCUT2D eigenvalue weighted by atomic mass is 10.1. The van der Waals surface area contributed by atoms with E-state index in [9.17, 15) is 0 Å². The van der Waals surface area contributed by atoms with Gasteiger partial charge in [0.15, 0.2) is 0 Å². The van der Waals surface area contributed by atoms with Crippen molar-refractivity contribution >= 4 is 0 Å². The Bertz CT molecular complexity index is 245. The van der Waals surface area contributed by atoms with Gasteiger partial charge in [-0.3, -0.25) is 9.88 Å².